The zero-order chi connectivity index (χ0) is 15.1. The summed E-state index contributed by atoms with van der Waals surface area (Å²) >= 11 is 1.30. The van der Waals surface area contributed by atoms with E-state index in [0.717, 1.165) is 5.03 Å². The van der Waals surface area contributed by atoms with Crippen LogP contribution in [0.5, 0.6) is 11.5 Å². The van der Waals surface area contributed by atoms with E-state index in [1.54, 1.807) is 12.3 Å². The fraction of sp³-hybridized carbons (Fsp3) is 0.0714. The number of nitrogens with one attached hydrogen (secondary N) is 1. The second kappa shape index (κ2) is 7.30. The van der Waals surface area contributed by atoms with Gasteiger partial charge in [-0.15, -0.1) is 0 Å². The minimum atomic E-state index is -0.278. The molecule has 1 aromatic heterocycles. The Balaban J connectivity index is 1.82. The van der Waals surface area contributed by atoms with Crippen molar-refractivity contribution in [3.8, 4) is 11.5 Å². The standard InChI is InChI=1S/C14H13N3O3S/c18-11-5-4-10(12(19)7-11)8-16-17-13(20)9-21-14-3-1-2-6-15-14/h1-8,18-19H,9H2,(H,17,20)/b16-8+. The normalized spacial score (nSPS) is 10.7. The number of pyridine rings is 1. The highest BCUT2D eigenvalue weighted by Gasteiger charge is 2.02. The number of carbonyl (C=O) groups is 1. The van der Waals surface area contributed by atoms with Gasteiger partial charge in [-0.05, 0) is 24.3 Å². The Labute approximate surface area is 125 Å². The Morgan fingerprint density at radius 2 is 2.19 bits per heavy atom. The third-order valence-corrected chi connectivity index (χ3v) is 3.34. The van der Waals surface area contributed by atoms with Crippen LogP contribution in [-0.2, 0) is 4.79 Å². The van der Waals surface area contributed by atoms with Gasteiger partial charge < -0.3 is 10.2 Å². The van der Waals surface area contributed by atoms with E-state index in [2.05, 4.69) is 15.5 Å². The summed E-state index contributed by atoms with van der Waals surface area (Å²) in [5.74, 6) is -0.243. The van der Waals surface area contributed by atoms with E-state index in [4.69, 9.17) is 5.11 Å². The van der Waals surface area contributed by atoms with Crippen molar-refractivity contribution in [1.82, 2.24) is 10.4 Å². The molecule has 0 radical (unpaired) electrons. The number of hydrazone groups is 1. The number of carbonyl (C=O) groups excluding carboxylic acids is 1. The highest BCUT2D eigenvalue weighted by molar-refractivity contribution is 7.99. The van der Waals surface area contributed by atoms with E-state index >= 15 is 0 Å². The fourth-order valence-electron chi connectivity index (χ4n) is 1.42. The van der Waals surface area contributed by atoms with Gasteiger partial charge in [0.1, 0.15) is 11.5 Å². The summed E-state index contributed by atoms with van der Waals surface area (Å²) < 4.78 is 0. The second-order valence-corrected chi connectivity index (χ2v) is 4.99. The van der Waals surface area contributed by atoms with Crippen LogP contribution in [0.1, 0.15) is 5.56 Å². The SMILES string of the molecule is O=C(CSc1ccccn1)N/N=C/c1ccc(O)cc1O. The zero-order valence-electron chi connectivity index (χ0n) is 10.9. The molecule has 0 atom stereocenters. The number of amides is 1. The maximum Gasteiger partial charge on any atom is 0.250 e. The Kier molecular flexibility index (Phi) is 5.16. The predicted octanol–water partition coefficient (Wildman–Crippen LogP) is 1.74. The van der Waals surface area contributed by atoms with E-state index in [1.807, 2.05) is 12.1 Å². The van der Waals surface area contributed by atoms with Gasteiger partial charge in [0.15, 0.2) is 0 Å². The van der Waals surface area contributed by atoms with Gasteiger partial charge in [0.05, 0.1) is 17.0 Å². The molecule has 3 N–H and O–H groups in total. The summed E-state index contributed by atoms with van der Waals surface area (Å²) in [6.45, 7) is 0. The fourth-order valence-corrected chi connectivity index (χ4v) is 2.07. The average molecular weight is 303 g/mol. The van der Waals surface area contributed by atoms with Crippen LogP contribution in [0.4, 0.5) is 0 Å². The molecule has 0 saturated carbocycles. The molecule has 0 spiro atoms. The number of rotatable bonds is 5. The van der Waals surface area contributed by atoms with Gasteiger partial charge in [-0.2, -0.15) is 5.10 Å². The van der Waals surface area contributed by atoms with Crippen molar-refractivity contribution in [3.05, 3.63) is 48.2 Å². The molecule has 7 heteroatoms. The number of aromatic nitrogens is 1. The highest BCUT2D eigenvalue weighted by atomic mass is 32.2. The maximum atomic E-state index is 11.6. The first kappa shape index (κ1) is 14.9. The molecule has 1 heterocycles. The molecule has 0 bridgehead atoms. The lowest BCUT2D eigenvalue weighted by Gasteiger charge is -2.01. The first-order valence-corrected chi connectivity index (χ1v) is 7.01. The molecule has 0 unspecified atom stereocenters. The van der Waals surface area contributed by atoms with Crippen molar-refractivity contribution in [2.24, 2.45) is 5.10 Å². The predicted molar refractivity (Wildman–Crippen MR) is 80.5 cm³/mol. The summed E-state index contributed by atoms with van der Waals surface area (Å²) in [5.41, 5.74) is 2.75. The van der Waals surface area contributed by atoms with Crippen LogP contribution in [0, 0.1) is 0 Å². The zero-order valence-corrected chi connectivity index (χ0v) is 11.7. The molecular weight excluding hydrogens is 290 g/mol. The average Bonchev–Trinajstić information content (AvgIpc) is 2.48. The van der Waals surface area contributed by atoms with Crippen molar-refractivity contribution in [2.45, 2.75) is 5.03 Å². The number of hydrogen-bond acceptors (Lipinski definition) is 6. The maximum absolute atomic E-state index is 11.6. The monoisotopic (exact) mass is 303 g/mol. The van der Waals surface area contributed by atoms with Crippen LogP contribution in [0.2, 0.25) is 0 Å². The molecule has 108 valence electrons. The largest absolute Gasteiger partial charge is 0.508 e. The molecule has 0 aliphatic carbocycles. The van der Waals surface area contributed by atoms with Gasteiger partial charge in [-0.1, -0.05) is 17.8 Å². The van der Waals surface area contributed by atoms with Crippen molar-refractivity contribution < 1.29 is 15.0 Å². The van der Waals surface area contributed by atoms with Gasteiger partial charge in [-0.25, -0.2) is 10.4 Å². The lowest BCUT2D eigenvalue weighted by atomic mass is 10.2. The molecule has 21 heavy (non-hydrogen) atoms. The molecule has 0 fully saturated rings. The number of phenols is 2. The molecule has 1 aromatic carbocycles. The van der Waals surface area contributed by atoms with Gasteiger partial charge in [0, 0.05) is 17.8 Å². The van der Waals surface area contributed by atoms with E-state index in [9.17, 15) is 9.90 Å². The quantitative estimate of drug-likeness (QED) is 0.444. The summed E-state index contributed by atoms with van der Waals surface area (Å²) in [6, 6.07) is 9.57. The van der Waals surface area contributed by atoms with Crippen molar-refractivity contribution in [2.75, 3.05) is 5.75 Å². The van der Waals surface area contributed by atoms with Gasteiger partial charge in [0.2, 0.25) is 5.91 Å². The Hall–Kier alpha value is -2.54. The lowest BCUT2D eigenvalue weighted by Crippen LogP contribution is -2.19. The Morgan fingerprint density at radius 3 is 2.90 bits per heavy atom. The van der Waals surface area contributed by atoms with E-state index in [-0.39, 0.29) is 23.2 Å². The third-order valence-electron chi connectivity index (χ3n) is 2.40. The van der Waals surface area contributed by atoms with Crippen molar-refractivity contribution in [3.63, 3.8) is 0 Å². The summed E-state index contributed by atoms with van der Waals surface area (Å²) in [6.07, 6.45) is 2.96. The van der Waals surface area contributed by atoms with Crippen LogP contribution in [0.25, 0.3) is 0 Å². The lowest BCUT2D eigenvalue weighted by molar-refractivity contribution is -0.118. The second-order valence-electron chi connectivity index (χ2n) is 3.99. The van der Waals surface area contributed by atoms with Crippen LogP contribution in [-0.4, -0.2) is 33.1 Å². The number of aromatic hydroxyl groups is 2. The molecule has 0 saturated heterocycles. The Morgan fingerprint density at radius 1 is 1.33 bits per heavy atom. The van der Waals surface area contributed by atoms with E-state index < -0.39 is 0 Å². The highest BCUT2D eigenvalue weighted by Crippen LogP contribution is 2.20. The first-order chi connectivity index (χ1) is 10.1. The summed E-state index contributed by atoms with van der Waals surface area (Å²) in [4.78, 5) is 15.7. The first-order valence-electron chi connectivity index (χ1n) is 6.03. The Bertz CT molecular complexity index is 647. The molecule has 6 nitrogen and oxygen atoms in total. The number of hydrogen-bond donors (Lipinski definition) is 3. The van der Waals surface area contributed by atoms with Crippen LogP contribution >= 0.6 is 11.8 Å². The van der Waals surface area contributed by atoms with E-state index in [1.165, 1.54) is 36.2 Å². The summed E-state index contributed by atoms with van der Waals surface area (Å²) in [7, 11) is 0. The smallest absolute Gasteiger partial charge is 0.250 e. The number of benzene rings is 1. The molecule has 1 amide bonds. The summed E-state index contributed by atoms with van der Waals surface area (Å²) in [5, 5.41) is 23.2. The number of phenolic OH excluding ortho intramolecular Hbond substituents is 2. The van der Waals surface area contributed by atoms with Gasteiger partial charge in [0.25, 0.3) is 0 Å². The molecule has 2 aromatic rings. The molecular formula is C14H13N3O3S. The van der Waals surface area contributed by atoms with Gasteiger partial charge >= 0.3 is 0 Å². The van der Waals surface area contributed by atoms with Crippen LogP contribution in [0.15, 0.2) is 52.7 Å². The number of thioether (sulfide) groups is 1. The van der Waals surface area contributed by atoms with Crippen LogP contribution in [0.3, 0.4) is 0 Å². The van der Waals surface area contributed by atoms with Crippen LogP contribution < -0.4 is 5.43 Å². The topological polar surface area (TPSA) is 94.8 Å². The minimum Gasteiger partial charge on any atom is -0.508 e. The molecule has 0 aliphatic heterocycles. The molecule has 0 aliphatic rings. The number of nitrogens with zero attached hydrogens (tertiary/aromatic N) is 2. The minimum absolute atomic E-state index is 0.0413. The molecule has 2 rings (SSSR count). The van der Waals surface area contributed by atoms with E-state index in [0.29, 0.717) is 5.56 Å². The van der Waals surface area contributed by atoms with Crippen molar-refractivity contribution in [1.29, 1.82) is 0 Å². The van der Waals surface area contributed by atoms with Crippen molar-refractivity contribution >= 4 is 23.9 Å². The van der Waals surface area contributed by atoms with Gasteiger partial charge in [-0.3, -0.25) is 4.79 Å². The third kappa shape index (κ3) is 4.81.